The molecule has 0 saturated heterocycles. The van der Waals surface area contributed by atoms with Gasteiger partial charge >= 0.3 is 0 Å². The molecule has 4 rings (SSSR count). The van der Waals surface area contributed by atoms with E-state index in [2.05, 4.69) is 4.72 Å². The highest BCUT2D eigenvalue weighted by molar-refractivity contribution is 7.89. The Morgan fingerprint density at radius 2 is 1.56 bits per heavy atom. The number of benzene rings is 3. The molecule has 0 spiro atoms. The van der Waals surface area contributed by atoms with Crippen LogP contribution in [0.4, 0.5) is 5.69 Å². The molecule has 164 valence electrons. The van der Waals surface area contributed by atoms with Gasteiger partial charge in [0.15, 0.2) is 5.78 Å². The highest BCUT2D eigenvalue weighted by Crippen LogP contribution is 2.33. The second kappa shape index (κ2) is 8.68. The Labute approximate surface area is 187 Å². The molecular weight excluding hydrogens is 424 g/mol. The number of Topliss-reactive ketones (excluding diaryl/α,β-unsaturated/α-hetero) is 1. The molecule has 1 heterocycles. The van der Waals surface area contributed by atoms with Crippen molar-refractivity contribution in [1.82, 2.24) is 4.72 Å². The summed E-state index contributed by atoms with van der Waals surface area (Å²) in [7, 11) is -3.72. The molecule has 32 heavy (non-hydrogen) atoms. The van der Waals surface area contributed by atoms with Gasteiger partial charge in [0.05, 0.1) is 4.90 Å². The molecular formula is C25H24N2O4S. The summed E-state index contributed by atoms with van der Waals surface area (Å²) in [6.45, 7) is 3.55. The molecule has 0 fully saturated rings. The second-order valence-electron chi connectivity index (χ2n) is 7.96. The van der Waals surface area contributed by atoms with Gasteiger partial charge in [0.2, 0.25) is 10.0 Å². The van der Waals surface area contributed by atoms with Gasteiger partial charge < -0.3 is 4.90 Å². The van der Waals surface area contributed by atoms with E-state index in [4.69, 9.17) is 0 Å². The minimum atomic E-state index is -3.72. The summed E-state index contributed by atoms with van der Waals surface area (Å²) in [5, 5.41) is 0. The minimum Gasteiger partial charge on any atom is -0.305 e. The number of hydrogen-bond acceptors (Lipinski definition) is 4. The van der Waals surface area contributed by atoms with E-state index in [1.54, 1.807) is 24.3 Å². The summed E-state index contributed by atoms with van der Waals surface area (Å²) in [6, 6.07) is 20.8. The number of amides is 1. The molecule has 7 heteroatoms. The van der Waals surface area contributed by atoms with Crippen molar-refractivity contribution in [2.75, 3.05) is 4.90 Å². The van der Waals surface area contributed by atoms with Gasteiger partial charge in [-0.1, -0.05) is 42.5 Å². The maximum Gasteiger partial charge on any atom is 0.258 e. The van der Waals surface area contributed by atoms with Crippen molar-refractivity contribution in [3.63, 3.8) is 0 Å². The van der Waals surface area contributed by atoms with E-state index in [9.17, 15) is 18.0 Å². The molecule has 0 saturated carbocycles. The van der Waals surface area contributed by atoms with Gasteiger partial charge in [-0.3, -0.25) is 9.59 Å². The topological polar surface area (TPSA) is 83.5 Å². The Morgan fingerprint density at radius 1 is 0.938 bits per heavy atom. The first-order chi connectivity index (χ1) is 15.3. The van der Waals surface area contributed by atoms with E-state index in [1.807, 2.05) is 36.1 Å². The molecule has 0 aliphatic carbocycles. The number of anilines is 1. The van der Waals surface area contributed by atoms with Crippen LogP contribution in [0, 0.1) is 0 Å². The third-order valence-electron chi connectivity index (χ3n) is 5.66. The molecule has 3 aromatic rings. The number of hydrogen-bond donors (Lipinski definition) is 1. The Bertz CT molecular complexity index is 1270. The number of nitrogens with zero attached hydrogens (tertiary/aromatic N) is 1. The van der Waals surface area contributed by atoms with Gasteiger partial charge in [0.1, 0.15) is 0 Å². The van der Waals surface area contributed by atoms with Crippen molar-refractivity contribution < 1.29 is 18.0 Å². The zero-order chi connectivity index (χ0) is 22.9. The molecule has 3 aromatic carbocycles. The zero-order valence-corrected chi connectivity index (χ0v) is 18.7. The number of carbonyl (C=O) groups is 2. The molecule has 1 amide bonds. The Morgan fingerprint density at radius 3 is 2.22 bits per heavy atom. The summed E-state index contributed by atoms with van der Waals surface area (Å²) in [4.78, 5) is 26.4. The summed E-state index contributed by atoms with van der Waals surface area (Å²) >= 11 is 0. The molecule has 0 radical (unpaired) electrons. The zero-order valence-electron chi connectivity index (χ0n) is 17.9. The van der Waals surface area contributed by atoms with Crippen LogP contribution in [0.2, 0.25) is 0 Å². The quantitative estimate of drug-likeness (QED) is 0.579. The van der Waals surface area contributed by atoms with Crippen molar-refractivity contribution in [1.29, 1.82) is 0 Å². The monoisotopic (exact) mass is 448 g/mol. The van der Waals surface area contributed by atoms with E-state index in [0.29, 0.717) is 11.1 Å². The van der Waals surface area contributed by atoms with Gasteiger partial charge in [0, 0.05) is 29.4 Å². The van der Waals surface area contributed by atoms with E-state index in [0.717, 1.165) is 23.2 Å². The van der Waals surface area contributed by atoms with Crippen molar-refractivity contribution in [3.8, 4) is 0 Å². The molecule has 1 aliphatic rings. The molecule has 0 bridgehead atoms. The summed E-state index contributed by atoms with van der Waals surface area (Å²) in [6.07, 6.45) is 0.829. The van der Waals surface area contributed by atoms with Crippen molar-refractivity contribution >= 4 is 27.4 Å². The minimum absolute atomic E-state index is 0.0693. The number of ketones is 1. The highest BCUT2D eigenvalue weighted by Gasteiger charge is 2.31. The maximum atomic E-state index is 13.1. The lowest BCUT2D eigenvalue weighted by molar-refractivity contribution is 0.0979. The van der Waals surface area contributed by atoms with Crippen LogP contribution in [-0.2, 0) is 23.0 Å². The van der Waals surface area contributed by atoms with Crippen molar-refractivity contribution in [3.05, 3.63) is 95.1 Å². The van der Waals surface area contributed by atoms with Gasteiger partial charge in [-0.2, -0.15) is 0 Å². The number of rotatable bonds is 6. The second-order valence-corrected chi connectivity index (χ2v) is 9.73. The molecule has 6 nitrogen and oxygen atoms in total. The largest absolute Gasteiger partial charge is 0.305 e. The van der Waals surface area contributed by atoms with Crippen LogP contribution >= 0.6 is 0 Å². The number of para-hydroxylation sites is 1. The predicted octanol–water partition coefficient (Wildman–Crippen LogP) is 3.96. The van der Waals surface area contributed by atoms with E-state index in [1.165, 1.54) is 31.2 Å². The average Bonchev–Trinajstić information content (AvgIpc) is 3.13. The normalized spacial score (nSPS) is 15.4. The van der Waals surface area contributed by atoms with Crippen LogP contribution in [0.25, 0.3) is 0 Å². The Hall–Kier alpha value is -3.29. The summed E-state index contributed by atoms with van der Waals surface area (Å²) in [5.41, 5.74) is 3.85. The van der Waals surface area contributed by atoms with Crippen molar-refractivity contribution in [2.45, 2.75) is 37.8 Å². The maximum absolute atomic E-state index is 13.1. The molecule has 0 unspecified atom stereocenters. The first-order valence-corrected chi connectivity index (χ1v) is 11.9. The summed E-state index contributed by atoms with van der Waals surface area (Å²) < 4.78 is 27.6. The molecule has 1 aliphatic heterocycles. The third kappa shape index (κ3) is 4.35. The van der Waals surface area contributed by atoms with Gasteiger partial charge in [-0.25, -0.2) is 13.1 Å². The SMILES string of the molecule is CC(=O)c1ccc(S(=O)(=O)NCc2ccc(C(=O)N3c4ccccc4C[C@@H]3C)cc2)cc1. The fraction of sp³-hybridized carbons (Fsp3) is 0.200. The van der Waals surface area contributed by atoms with Gasteiger partial charge in [-0.15, -0.1) is 0 Å². The van der Waals surface area contributed by atoms with E-state index in [-0.39, 0.29) is 29.2 Å². The third-order valence-corrected chi connectivity index (χ3v) is 7.08. The van der Waals surface area contributed by atoms with Crippen LogP contribution in [-0.4, -0.2) is 26.2 Å². The number of nitrogens with one attached hydrogen (secondary N) is 1. The van der Waals surface area contributed by atoms with Crippen LogP contribution < -0.4 is 9.62 Å². The lowest BCUT2D eigenvalue weighted by Gasteiger charge is -2.23. The lowest BCUT2D eigenvalue weighted by atomic mass is 10.1. The van der Waals surface area contributed by atoms with E-state index >= 15 is 0 Å². The fourth-order valence-corrected chi connectivity index (χ4v) is 4.93. The first-order valence-electron chi connectivity index (χ1n) is 10.4. The molecule has 1 atom stereocenters. The van der Waals surface area contributed by atoms with E-state index < -0.39 is 10.0 Å². The Balaban J connectivity index is 1.44. The van der Waals surface area contributed by atoms with Crippen LogP contribution in [0.15, 0.2) is 77.7 Å². The van der Waals surface area contributed by atoms with Gasteiger partial charge in [-0.05, 0) is 61.7 Å². The molecule has 1 N–H and O–H groups in total. The van der Waals surface area contributed by atoms with Crippen molar-refractivity contribution in [2.24, 2.45) is 0 Å². The fourth-order valence-electron chi connectivity index (χ4n) is 3.91. The summed E-state index contributed by atoms with van der Waals surface area (Å²) in [5.74, 6) is -0.191. The average molecular weight is 449 g/mol. The molecule has 0 aromatic heterocycles. The standard InChI is InChI=1S/C25H24N2O4S/c1-17-15-22-5-3-4-6-24(22)27(17)25(29)21-9-7-19(8-10-21)16-26-32(30,31)23-13-11-20(12-14-23)18(2)28/h3-14,17,26H,15-16H2,1-2H3/t17-/m0/s1. The Kier molecular flexibility index (Phi) is 5.95. The number of carbonyl (C=O) groups excluding carboxylic acids is 2. The van der Waals surface area contributed by atoms with Crippen LogP contribution in [0.1, 0.15) is 45.7 Å². The lowest BCUT2D eigenvalue weighted by Crippen LogP contribution is -2.35. The predicted molar refractivity (Wildman–Crippen MR) is 123 cm³/mol. The van der Waals surface area contributed by atoms with Crippen LogP contribution in [0.3, 0.4) is 0 Å². The highest BCUT2D eigenvalue weighted by atomic mass is 32.2. The van der Waals surface area contributed by atoms with Gasteiger partial charge in [0.25, 0.3) is 5.91 Å². The van der Waals surface area contributed by atoms with Crippen LogP contribution in [0.5, 0.6) is 0 Å². The smallest absolute Gasteiger partial charge is 0.258 e. The first kappa shape index (κ1) is 21.9. The number of sulfonamides is 1. The number of fused-ring (bicyclic) bond motifs is 1.